The molecule has 3 rings (SSSR count). The number of rotatable bonds is 8. The van der Waals surface area contributed by atoms with E-state index in [9.17, 15) is 14.4 Å². The summed E-state index contributed by atoms with van der Waals surface area (Å²) in [5, 5.41) is 2.71. The molecule has 1 heterocycles. The van der Waals surface area contributed by atoms with Gasteiger partial charge in [0.25, 0.3) is 0 Å². The number of fused-ring (bicyclic) bond motifs is 1. The maximum atomic E-state index is 12.6. The molecule has 164 valence electrons. The number of amides is 1. The first-order valence-electron chi connectivity index (χ1n) is 10.4. The molecule has 0 aromatic heterocycles. The molecule has 0 fully saturated rings. The van der Waals surface area contributed by atoms with Gasteiger partial charge in [-0.15, -0.1) is 0 Å². The van der Waals surface area contributed by atoms with E-state index in [1.807, 2.05) is 30.3 Å². The highest BCUT2D eigenvalue weighted by Gasteiger charge is 2.26. The Hall–Kier alpha value is -3.35. The molecule has 7 nitrogen and oxygen atoms in total. The van der Waals surface area contributed by atoms with E-state index in [2.05, 4.69) is 5.32 Å². The minimum Gasteiger partial charge on any atom is -0.490 e. The number of carbonyl (C=O) groups excluding carboxylic acids is 3. The predicted molar refractivity (Wildman–Crippen MR) is 114 cm³/mol. The second-order valence-electron chi connectivity index (χ2n) is 7.69. The lowest BCUT2D eigenvalue weighted by Crippen LogP contribution is -2.46. The average Bonchev–Trinajstić information content (AvgIpc) is 3.01. The van der Waals surface area contributed by atoms with Crippen LogP contribution in [0.1, 0.15) is 36.2 Å². The van der Waals surface area contributed by atoms with Crippen LogP contribution in [0.4, 0.5) is 0 Å². The Morgan fingerprint density at radius 1 is 1.00 bits per heavy atom. The largest absolute Gasteiger partial charge is 0.490 e. The van der Waals surface area contributed by atoms with Crippen molar-refractivity contribution in [2.75, 3.05) is 19.8 Å². The Morgan fingerprint density at radius 2 is 1.71 bits per heavy atom. The van der Waals surface area contributed by atoms with Gasteiger partial charge in [-0.25, -0.2) is 4.79 Å². The summed E-state index contributed by atoms with van der Waals surface area (Å²) in [6.45, 7) is 4.26. The Bertz CT molecular complexity index is 925. The van der Waals surface area contributed by atoms with Crippen molar-refractivity contribution in [2.45, 2.75) is 32.7 Å². The van der Waals surface area contributed by atoms with Crippen molar-refractivity contribution in [3.05, 3.63) is 59.7 Å². The molecule has 0 saturated carbocycles. The lowest BCUT2D eigenvalue weighted by atomic mass is 10.0. The summed E-state index contributed by atoms with van der Waals surface area (Å²) in [5.41, 5.74) is 1.21. The second-order valence-corrected chi connectivity index (χ2v) is 7.69. The summed E-state index contributed by atoms with van der Waals surface area (Å²) >= 11 is 0. The number of benzene rings is 2. The first-order valence-corrected chi connectivity index (χ1v) is 10.4. The number of carbonyl (C=O) groups is 3. The van der Waals surface area contributed by atoms with Crippen LogP contribution in [0.5, 0.6) is 11.5 Å². The summed E-state index contributed by atoms with van der Waals surface area (Å²) in [7, 11) is 0. The van der Waals surface area contributed by atoms with Crippen molar-refractivity contribution < 1.29 is 28.6 Å². The van der Waals surface area contributed by atoms with E-state index >= 15 is 0 Å². The van der Waals surface area contributed by atoms with Crippen LogP contribution in [0.15, 0.2) is 48.5 Å². The smallest absolute Gasteiger partial charge is 0.329 e. The van der Waals surface area contributed by atoms with E-state index in [-0.39, 0.29) is 24.0 Å². The highest BCUT2D eigenvalue weighted by molar-refractivity contribution is 5.99. The Balaban J connectivity index is 1.56. The van der Waals surface area contributed by atoms with Gasteiger partial charge in [0.05, 0.1) is 19.6 Å². The normalized spacial score (nSPS) is 13.8. The third-order valence-corrected chi connectivity index (χ3v) is 4.86. The molecule has 1 N–H and O–H groups in total. The van der Waals surface area contributed by atoms with Gasteiger partial charge in [0.1, 0.15) is 6.04 Å². The van der Waals surface area contributed by atoms with Gasteiger partial charge in [-0.3, -0.25) is 9.59 Å². The zero-order valence-electron chi connectivity index (χ0n) is 17.8. The molecule has 1 aliphatic heterocycles. The Kier molecular flexibility index (Phi) is 7.65. The molecule has 2 aromatic rings. The van der Waals surface area contributed by atoms with Crippen LogP contribution in [0.2, 0.25) is 0 Å². The maximum absolute atomic E-state index is 12.6. The molecule has 0 radical (unpaired) electrons. The molecule has 1 atom stereocenters. The molecule has 7 heteroatoms. The van der Waals surface area contributed by atoms with E-state index in [1.54, 1.807) is 32.0 Å². The molecule has 0 spiro atoms. The van der Waals surface area contributed by atoms with E-state index in [0.717, 1.165) is 12.0 Å². The predicted octanol–water partition coefficient (Wildman–Crippen LogP) is 2.96. The molecule has 0 bridgehead atoms. The minimum absolute atomic E-state index is 0.160. The van der Waals surface area contributed by atoms with Gasteiger partial charge in [-0.2, -0.15) is 0 Å². The molecule has 0 unspecified atom stereocenters. The molecule has 1 amide bonds. The van der Waals surface area contributed by atoms with E-state index in [4.69, 9.17) is 14.2 Å². The van der Waals surface area contributed by atoms with Crippen LogP contribution in [0.3, 0.4) is 0 Å². The molecule has 31 heavy (non-hydrogen) atoms. The number of ketones is 1. The Labute approximate surface area is 181 Å². The lowest BCUT2D eigenvalue weighted by Gasteiger charge is -2.20. The SMILES string of the molecule is CC(C)[C@H](NC(=O)Cc1ccccc1)C(=O)OCC(=O)c1ccc2c(c1)OCCCO2. The summed E-state index contributed by atoms with van der Waals surface area (Å²) in [5.74, 6) is -0.382. The van der Waals surface area contributed by atoms with Gasteiger partial charge in [0.15, 0.2) is 23.9 Å². The zero-order valence-corrected chi connectivity index (χ0v) is 17.8. The van der Waals surface area contributed by atoms with Crippen LogP contribution < -0.4 is 14.8 Å². The summed E-state index contributed by atoms with van der Waals surface area (Å²) in [4.78, 5) is 37.4. The molecular weight excluding hydrogens is 398 g/mol. The number of esters is 1. The first kappa shape index (κ1) is 22.3. The standard InChI is InChI=1S/C24H27NO6/c1-16(2)23(25-22(27)13-17-7-4-3-5-8-17)24(28)31-15-19(26)18-9-10-20-21(14-18)30-12-6-11-29-20/h3-5,7-10,14,16,23H,6,11-13,15H2,1-2H3,(H,25,27)/t23-/m0/s1. The third-order valence-electron chi connectivity index (χ3n) is 4.86. The van der Waals surface area contributed by atoms with Gasteiger partial charge in [-0.05, 0) is 29.7 Å². The zero-order chi connectivity index (χ0) is 22.2. The third kappa shape index (κ3) is 6.31. The van der Waals surface area contributed by atoms with Crippen molar-refractivity contribution in [2.24, 2.45) is 5.92 Å². The quantitative estimate of drug-likeness (QED) is 0.517. The van der Waals surface area contributed by atoms with Crippen molar-refractivity contribution >= 4 is 17.7 Å². The summed E-state index contributed by atoms with van der Waals surface area (Å²) in [6, 6.07) is 13.3. The first-order chi connectivity index (χ1) is 14.9. The number of ether oxygens (including phenoxy) is 3. The number of nitrogens with one attached hydrogen (secondary N) is 1. The van der Waals surface area contributed by atoms with E-state index in [1.165, 1.54) is 0 Å². The van der Waals surface area contributed by atoms with Crippen LogP contribution >= 0.6 is 0 Å². The average molecular weight is 425 g/mol. The van der Waals surface area contributed by atoms with Crippen LogP contribution in [-0.2, 0) is 20.7 Å². The van der Waals surface area contributed by atoms with E-state index < -0.39 is 18.6 Å². The van der Waals surface area contributed by atoms with Gasteiger partial charge in [0, 0.05) is 12.0 Å². The van der Waals surface area contributed by atoms with Gasteiger partial charge in [0.2, 0.25) is 5.91 Å². The monoisotopic (exact) mass is 425 g/mol. The minimum atomic E-state index is -0.840. The highest BCUT2D eigenvalue weighted by Crippen LogP contribution is 2.30. The molecular formula is C24H27NO6. The summed E-state index contributed by atoms with van der Waals surface area (Å²) in [6.07, 6.45) is 0.926. The van der Waals surface area contributed by atoms with Crippen LogP contribution in [0, 0.1) is 5.92 Å². The molecule has 0 aliphatic carbocycles. The highest BCUT2D eigenvalue weighted by atomic mass is 16.5. The number of hydrogen-bond donors (Lipinski definition) is 1. The van der Waals surface area contributed by atoms with Crippen LogP contribution in [0.25, 0.3) is 0 Å². The van der Waals surface area contributed by atoms with Crippen LogP contribution in [-0.4, -0.2) is 43.5 Å². The van der Waals surface area contributed by atoms with E-state index in [0.29, 0.717) is 30.3 Å². The van der Waals surface area contributed by atoms with Crippen molar-refractivity contribution in [1.29, 1.82) is 0 Å². The molecule has 1 aliphatic rings. The summed E-state index contributed by atoms with van der Waals surface area (Å²) < 4.78 is 16.4. The molecule has 0 saturated heterocycles. The van der Waals surface area contributed by atoms with Gasteiger partial charge in [-0.1, -0.05) is 44.2 Å². The molecule has 2 aromatic carbocycles. The van der Waals surface area contributed by atoms with Crippen molar-refractivity contribution in [3.63, 3.8) is 0 Å². The Morgan fingerprint density at radius 3 is 2.42 bits per heavy atom. The topological polar surface area (TPSA) is 90.9 Å². The van der Waals surface area contributed by atoms with Crippen molar-refractivity contribution in [3.8, 4) is 11.5 Å². The van der Waals surface area contributed by atoms with Gasteiger partial charge < -0.3 is 19.5 Å². The second kappa shape index (κ2) is 10.6. The number of hydrogen-bond acceptors (Lipinski definition) is 6. The lowest BCUT2D eigenvalue weighted by molar-refractivity contribution is -0.148. The fraction of sp³-hybridized carbons (Fsp3) is 0.375. The fourth-order valence-electron chi connectivity index (χ4n) is 3.15. The van der Waals surface area contributed by atoms with Gasteiger partial charge >= 0.3 is 5.97 Å². The fourth-order valence-corrected chi connectivity index (χ4v) is 3.15. The van der Waals surface area contributed by atoms with Crippen molar-refractivity contribution in [1.82, 2.24) is 5.32 Å². The number of Topliss-reactive ketones (excluding diaryl/α,β-unsaturated/α-hetero) is 1. The maximum Gasteiger partial charge on any atom is 0.329 e.